The summed E-state index contributed by atoms with van der Waals surface area (Å²) in [6, 6.07) is 12.1. The first kappa shape index (κ1) is 17.5. The Morgan fingerprint density at radius 3 is 2.74 bits per heavy atom. The van der Waals surface area contributed by atoms with E-state index in [9.17, 15) is 4.79 Å². The number of aromatic nitrogens is 2. The van der Waals surface area contributed by atoms with E-state index in [-0.39, 0.29) is 18.3 Å². The lowest BCUT2D eigenvalue weighted by Gasteiger charge is -2.09. The highest BCUT2D eigenvalue weighted by Gasteiger charge is 2.20. The van der Waals surface area contributed by atoms with Gasteiger partial charge in [-0.15, -0.1) is 12.4 Å². The van der Waals surface area contributed by atoms with Crippen LogP contribution in [-0.2, 0) is 17.8 Å². The smallest absolute Gasteiger partial charge is 0.239 e. The van der Waals surface area contributed by atoms with Gasteiger partial charge in [0.15, 0.2) is 0 Å². The number of carbonyl (C=O) groups is 1. The highest BCUT2D eigenvalue weighted by atomic mass is 35.5. The number of amides is 1. The van der Waals surface area contributed by atoms with Crippen LogP contribution in [0.15, 0.2) is 42.6 Å². The summed E-state index contributed by atoms with van der Waals surface area (Å²) in [7, 11) is 0. The Kier molecular flexibility index (Phi) is 6.62. The van der Waals surface area contributed by atoms with Gasteiger partial charge in [-0.2, -0.15) is 5.10 Å². The molecule has 1 aromatic carbocycles. The number of hydrogen-bond donors (Lipinski definition) is 2. The predicted molar refractivity (Wildman–Crippen MR) is 93.8 cm³/mol. The number of carbonyl (C=O) groups excluding carboxylic acids is 1. The van der Waals surface area contributed by atoms with Crippen LogP contribution in [0.5, 0.6) is 0 Å². The fourth-order valence-electron chi connectivity index (χ4n) is 2.40. The Morgan fingerprint density at radius 1 is 1.22 bits per heavy atom. The van der Waals surface area contributed by atoms with Crippen LogP contribution in [-0.4, -0.2) is 28.8 Å². The molecule has 0 radical (unpaired) electrons. The molecular formula is C17H23ClN4O. The van der Waals surface area contributed by atoms with E-state index < -0.39 is 0 Å². The molecule has 1 aliphatic carbocycles. The second kappa shape index (κ2) is 8.70. The topological polar surface area (TPSA) is 59.0 Å². The highest BCUT2D eigenvalue weighted by molar-refractivity contribution is 5.91. The average Bonchev–Trinajstić information content (AvgIpc) is 3.25. The molecule has 2 aromatic rings. The molecule has 6 heteroatoms. The van der Waals surface area contributed by atoms with Crippen LogP contribution in [0.1, 0.15) is 18.4 Å². The Balaban J connectivity index is 0.00000192. The number of aryl methyl sites for hydroxylation is 2. The SMILES string of the molecule is Cl.O=C(CNCC1CC1)Nc1ccnn1CCc1ccccc1. The third-order valence-electron chi connectivity index (χ3n) is 3.85. The van der Waals surface area contributed by atoms with E-state index in [1.165, 1.54) is 18.4 Å². The van der Waals surface area contributed by atoms with Gasteiger partial charge in [0.2, 0.25) is 5.91 Å². The van der Waals surface area contributed by atoms with Crippen LogP contribution in [0, 0.1) is 5.92 Å². The lowest BCUT2D eigenvalue weighted by atomic mass is 10.1. The van der Waals surface area contributed by atoms with E-state index in [1.807, 2.05) is 28.9 Å². The molecule has 5 nitrogen and oxygen atoms in total. The minimum Gasteiger partial charge on any atom is -0.310 e. The number of benzene rings is 1. The quantitative estimate of drug-likeness (QED) is 0.779. The number of hydrogen-bond acceptors (Lipinski definition) is 3. The summed E-state index contributed by atoms with van der Waals surface area (Å²) in [4.78, 5) is 11.9. The minimum absolute atomic E-state index is 0. The van der Waals surface area contributed by atoms with Gasteiger partial charge in [-0.3, -0.25) is 4.79 Å². The molecule has 0 aliphatic heterocycles. The molecule has 0 atom stereocenters. The zero-order valence-electron chi connectivity index (χ0n) is 13.1. The zero-order valence-corrected chi connectivity index (χ0v) is 13.9. The third kappa shape index (κ3) is 5.69. The van der Waals surface area contributed by atoms with Gasteiger partial charge in [-0.05, 0) is 37.3 Å². The fraction of sp³-hybridized carbons (Fsp3) is 0.412. The van der Waals surface area contributed by atoms with Crippen molar-refractivity contribution in [1.82, 2.24) is 15.1 Å². The van der Waals surface area contributed by atoms with Crippen LogP contribution < -0.4 is 10.6 Å². The maximum atomic E-state index is 11.9. The molecule has 0 bridgehead atoms. The van der Waals surface area contributed by atoms with E-state index in [2.05, 4.69) is 27.9 Å². The van der Waals surface area contributed by atoms with E-state index in [4.69, 9.17) is 0 Å². The van der Waals surface area contributed by atoms with Crippen molar-refractivity contribution in [3.8, 4) is 0 Å². The molecule has 0 saturated heterocycles. The van der Waals surface area contributed by atoms with Crippen molar-refractivity contribution in [3.63, 3.8) is 0 Å². The molecule has 1 aromatic heterocycles. The number of nitrogens with one attached hydrogen (secondary N) is 2. The van der Waals surface area contributed by atoms with Crippen LogP contribution >= 0.6 is 12.4 Å². The van der Waals surface area contributed by atoms with Crippen LogP contribution in [0.2, 0.25) is 0 Å². The van der Waals surface area contributed by atoms with Crippen molar-refractivity contribution >= 4 is 24.1 Å². The van der Waals surface area contributed by atoms with Gasteiger partial charge in [-0.25, -0.2) is 4.68 Å². The average molecular weight is 335 g/mol. The first-order valence-corrected chi connectivity index (χ1v) is 7.87. The maximum Gasteiger partial charge on any atom is 0.239 e. The third-order valence-corrected chi connectivity index (χ3v) is 3.85. The van der Waals surface area contributed by atoms with Gasteiger partial charge in [0.1, 0.15) is 5.82 Å². The second-order valence-electron chi connectivity index (χ2n) is 5.80. The molecule has 0 spiro atoms. The molecule has 3 rings (SSSR count). The molecule has 23 heavy (non-hydrogen) atoms. The molecule has 1 aliphatic rings. The number of rotatable bonds is 8. The normalized spacial score (nSPS) is 13.4. The molecule has 1 fully saturated rings. The van der Waals surface area contributed by atoms with Gasteiger partial charge in [-0.1, -0.05) is 30.3 Å². The Labute approximate surface area is 142 Å². The lowest BCUT2D eigenvalue weighted by molar-refractivity contribution is -0.115. The van der Waals surface area contributed by atoms with E-state index >= 15 is 0 Å². The summed E-state index contributed by atoms with van der Waals surface area (Å²) < 4.78 is 1.84. The van der Waals surface area contributed by atoms with E-state index in [1.54, 1.807) is 6.20 Å². The largest absolute Gasteiger partial charge is 0.310 e. The van der Waals surface area contributed by atoms with Crippen molar-refractivity contribution in [3.05, 3.63) is 48.2 Å². The van der Waals surface area contributed by atoms with Gasteiger partial charge in [0.25, 0.3) is 0 Å². The standard InChI is InChI=1S/C17H22N4O.ClH/c22-17(13-18-12-15-6-7-15)20-16-8-10-19-21(16)11-9-14-4-2-1-3-5-14;/h1-5,8,10,15,18H,6-7,9,11-13H2,(H,20,22);1H. The number of nitrogens with zero attached hydrogens (tertiary/aromatic N) is 2. The summed E-state index contributed by atoms with van der Waals surface area (Å²) in [6.07, 6.45) is 5.20. The molecule has 1 amide bonds. The molecule has 0 unspecified atom stereocenters. The maximum absolute atomic E-state index is 11.9. The van der Waals surface area contributed by atoms with E-state index in [0.29, 0.717) is 6.54 Å². The van der Waals surface area contributed by atoms with Crippen molar-refractivity contribution in [2.45, 2.75) is 25.8 Å². The minimum atomic E-state index is -0.0119. The first-order chi connectivity index (χ1) is 10.8. The number of halogens is 1. The van der Waals surface area contributed by atoms with Crippen LogP contribution in [0.25, 0.3) is 0 Å². The summed E-state index contributed by atoms with van der Waals surface area (Å²) >= 11 is 0. The van der Waals surface area contributed by atoms with Crippen molar-refractivity contribution in [1.29, 1.82) is 0 Å². The second-order valence-corrected chi connectivity index (χ2v) is 5.80. The van der Waals surface area contributed by atoms with Crippen molar-refractivity contribution in [2.24, 2.45) is 5.92 Å². The molecule has 2 N–H and O–H groups in total. The fourth-order valence-corrected chi connectivity index (χ4v) is 2.40. The van der Waals surface area contributed by atoms with Crippen molar-refractivity contribution in [2.75, 3.05) is 18.4 Å². The first-order valence-electron chi connectivity index (χ1n) is 7.87. The summed E-state index contributed by atoms with van der Waals surface area (Å²) in [5, 5.41) is 10.4. The Bertz CT molecular complexity index is 610. The van der Waals surface area contributed by atoms with Crippen LogP contribution in [0.3, 0.4) is 0 Å². The van der Waals surface area contributed by atoms with Gasteiger partial charge < -0.3 is 10.6 Å². The molecule has 1 heterocycles. The van der Waals surface area contributed by atoms with Crippen LogP contribution in [0.4, 0.5) is 5.82 Å². The predicted octanol–water partition coefficient (Wildman–Crippen LogP) is 2.49. The van der Waals surface area contributed by atoms with Gasteiger partial charge in [0.05, 0.1) is 12.7 Å². The highest BCUT2D eigenvalue weighted by Crippen LogP contribution is 2.27. The van der Waals surface area contributed by atoms with Gasteiger partial charge in [0, 0.05) is 12.6 Å². The summed E-state index contributed by atoms with van der Waals surface area (Å²) in [5.41, 5.74) is 1.27. The summed E-state index contributed by atoms with van der Waals surface area (Å²) in [6.45, 7) is 2.06. The lowest BCUT2D eigenvalue weighted by Crippen LogP contribution is -2.30. The summed E-state index contributed by atoms with van der Waals surface area (Å²) in [5.74, 6) is 1.53. The Morgan fingerprint density at radius 2 is 2.00 bits per heavy atom. The number of anilines is 1. The zero-order chi connectivity index (χ0) is 15.2. The Hall–Kier alpha value is -1.85. The van der Waals surface area contributed by atoms with E-state index in [0.717, 1.165) is 31.2 Å². The van der Waals surface area contributed by atoms with Gasteiger partial charge >= 0.3 is 0 Å². The molecule has 1 saturated carbocycles. The van der Waals surface area contributed by atoms with Crippen molar-refractivity contribution < 1.29 is 4.79 Å². The monoisotopic (exact) mass is 334 g/mol. The molecule has 124 valence electrons. The molecular weight excluding hydrogens is 312 g/mol.